The predicted octanol–water partition coefficient (Wildman–Crippen LogP) is 13.9. The van der Waals surface area contributed by atoms with Crippen LogP contribution in [-0.4, -0.2) is 18.7 Å². The van der Waals surface area contributed by atoms with Gasteiger partial charge in [0, 0.05) is 106 Å². The van der Waals surface area contributed by atoms with Gasteiger partial charge in [0.2, 0.25) is 0 Å². The summed E-state index contributed by atoms with van der Waals surface area (Å²) < 4.78 is 37.7. The molecular weight excluding hydrogens is 956 g/mol. The molecule has 5 heterocycles. The van der Waals surface area contributed by atoms with E-state index in [0.29, 0.717) is 17.3 Å². The van der Waals surface area contributed by atoms with Gasteiger partial charge in [0.15, 0.2) is 0 Å². The minimum absolute atomic E-state index is 0. The van der Waals surface area contributed by atoms with E-state index in [0.717, 1.165) is 61.2 Å². The number of para-hydroxylation sites is 5. The van der Waals surface area contributed by atoms with Crippen LogP contribution >= 0.6 is 0 Å². The predicted molar refractivity (Wildman–Crippen MR) is 256 cm³/mol. The summed E-state index contributed by atoms with van der Waals surface area (Å²) in [4.78, 5) is 9.22. The van der Waals surface area contributed by atoms with Crippen molar-refractivity contribution >= 4 is 88.2 Å². The van der Waals surface area contributed by atoms with E-state index in [1.165, 1.54) is 32.6 Å². The van der Waals surface area contributed by atoms with Crippen molar-refractivity contribution in [1.82, 2.24) is 18.7 Å². The van der Waals surface area contributed by atoms with Gasteiger partial charge in [0.1, 0.15) is 5.82 Å². The van der Waals surface area contributed by atoms with Gasteiger partial charge in [-0.25, -0.2) is 4.98 Å². The smallest absolute Gasteiger partial charge is 0.135 e. The molecule has 0 spiro atoms. The molecule has 0 unspecified atom stereocenters. The van der Waals surface area contributed by atoms with Crippen molar-refractivity contribution in [3.8, 4) is 17.3 Å². The fourth-order valence-electron chi connectivity index (χ4n) is 9.65. The summed E-state index contributed by atoms with van der Waals surface area (Å²) in [7, 11) is 4.34. The normalized spacial score (nSPS) is 13.9. The summed E-state index contributed by atoms with van der Waals surface area (Å²) in [5.74, 6) is 1.54. The Hall–Kier alpha value is -6.82. The molecule has 1 aliphatic rings. The molecule has 7 nitrogen and oxygen atoms in total. The van der Waals surface area contributed by atoms with Crippen molar-refractivity contribution < 1.29 is 29.9 Å². The molecule has 0 aliphatic carbocycles. The zero-order valence-electron chi connectivity index (χ0n) is 38.3. The van der Waals surface area contributed by atoms with Gasteiger partial charge in [0.25, 0.3) is 0 Å². The molecule has 4 aromatic heterocycles. The van der Waals surface area contributed by atoms with Gasteiger partial charge in [-0.1, -0.05) is 93.0 Å². The number of ether oxygens (including phenoxy) is 1. The monoisotopic (exact) mass is 1000 g/mol. The van der Waals surface area contributed by atoms with Crippen molar-refractivity contribution in [3.05, 3.63) is 176 Å². The molecule has 0 bridgehead atoms. The van der Waals surface area contributed by atoms with Crippen LogP contribution < -0.4 is 14.5 Å². The molecule has 12 rings (SSSR count). The zero-order valence-corrected chi connectivity index (χ0v) is 37.6. The minimum Gasteiger partial charge on any atom is -0.509 e. The van der Waals surface area contributed by atoms with Crippen LogP contribution in [0.5, 0.6) is 11.5 Å². The topological polar surface area (TPSA) is 43.4 Å². The molecule has 8 heteroatoms. The first kappa shape index (κ1) is 35.7. The zero-order chi connectivity index (χ0) is 44.5. The number of fused-ring (bicyclic) bond motifs is 10. The summed E-state index contributed by atoms with van der Waals surface area (Å²) in [6.45, 7) is 6.54. The molecular formula is C55H43N6OPt-3. The van der Waals surface area contributed by atoms with E-state index in [9.17, 15) is 0 Å². The number of hydrogen-bond donors (Lipinski definition) is 0. The molecule has 1 aliphatic heterocycles. The third-order valence-corrected chi connectivity index (χ3v) is 12.6. The van der Waals surface area contributed by atoms with E-state index >= 15 is 0 Å². The van der Waals surface area contributed by atoms with Crippen LogP contribution in [0.4, 0.5) is 22.7 Å². The number of anilines is 4. The second-order valence-electron chi connectivity index (χ2n) is 17.3. The number of benzene rings is 7. The molecule has 0 atom stereocenters. The van der Waals surface area contributed by atoms with Crippen LogP contribution in [0.25, 0.3) is 71.2 Å². The van der Waals surface area contributed by atoms with E-state index in [-0.39, 0.29) is 32.0 Å². The maximum atomic E-state index is 8.09. The number of aromatic nitrogens is 4. The van der Waals surface area contributed by atoms with Gasteiger partial charge in [-0.15, -0.1) is 53.6 Å². The maximum Gasteiger partial charge on any atom is 0.135 e. The van der Waals surface area contributed by atoms with Crippen LogP contribution in [-0.2, 0) is 40.6 Å². The van der Waals surface area contributed by atoms with Gasteiger partial charge in [0.05, 0.1) is 16.7 Å². The van der Waals surface area contributed by atoms with Crippen LogP contribution in [0.2, 0.25) is 0 Å². The average Bonchev–Trinajstić information content (AvgIpc) is 4.02. The summed E-state index contributed by atoms with van der Waals surface area (Å²) in [6, 6.07) is 54.9. The molecule has 7 aromatic carbocycles. The SMILES string of the molecule is [2H]C([2H])([2H])c1ccnc(-n2c3[c-]c(Oc4[c-]c(N5[CH-]N(c6c7c(cc8c9ccccc9n(C)c68)c6ccccc6n7C)c6ccccc65)cc(C(C)(C)C)c4)ccc3c3ccccc32)c1.[Pt]. The minimum atomic E-state index is -2.28. The average molecular weight is 1000 g/mol. The molecule has 11 aromatic rings. The standard InChI is InChI=1S/C55H43N6O.Pt/c1-34-25-26-56-51(27-34)61-47-20-12-9-15-39(47)42-24-23-37(31-50(42)61)62-38-29-35(55(2,3)4)28-36(30-38)59-33-60(49-22-14-13-21-48(49)59)54-52-43(40-16-7-10-18-45(40)57(52)5)32-44-41-17-8-11-19-46(41)58(6)53(44)54;/h7-29,32-33H,1-6H3;/q-3;/i1D3;. The number of rotatable bonds is 5. The van der Waals surface area contributed by atoms with Crippen molar-refractivity contribution in [1.29, 1.82) is 0 Å². The quantitative estimate of drug-likeness (QED) is 0.161. The molecule has 0 radical (unpaired) electrons. The third kappa shape index (κ3) is 5.93. The Morgan fingerprint density at radius 3 is 1.86 bits per heavy atom. The fraction of sp³-hybridized carbons (Fsp3) is 0.127. The summed E-state index contributed by atoms with van der Waals surface area (Å²) in [6.07, 6.45) is 1.55. The Labute approximate surface area is 384 Å². The first-order chi connectivity index (χ1) is 31.3. The molecule has 0 saturated carbocycles. The molecule has 312 valence electrons. The van der Waals surface area contributed by atoms with Crippen LogP contribution in [0, 0.1) is 25.7 Å². The molecule has 0 amide bonds. The van der Waals surface area contributed by atoms with Crippen LogP contribution in [0.15, 0.2) is 146 Å². The molecule has 0 fully saturated rings. The number of nitrogens with zero attached hydrogens (tertiary/aromatic N) is 6. The molecule has 0 saturated heterocycles. The van der Waals surface area contributed by atoms with Gasteiger partial charge in [-0.2, -0.15) is 6.07 Å². The Kier molecular flexibility index (Phi) is 8.15. The Morgan fingerprint density at radius 1 is 0.603 bits per heavy atom. The van der Waals surface area contributed by atoms with E-state index < -0.39 is 6.85 Å². The second-order valence-corrected chi connectivity index (χ2v) is 17.3. The largest absolute Gasteiger partial charge is 0.509 e. The van der Waals surface area contributed by atoms with E-state index in [2.05, 4.69) is 175 Å². The van der Waals surface area contributed by atoms with Crippen LogP contribution in [0.1, 0.15) is 36.0 Å². The van der Waals surface area contributed by atoms with E-state index in [4.69, 9.17) is 8.85 Å². The van der Waals surface area contributed by atoms with Gasteiger partial charge in [-0.05, 0) is 71.7 Å². The third-order valence-electron chi connectivity index (χ3n) is 12.6. The fourth-order valence-corrected chi connectivity index (χ4v) is 9.65. The number of aryl methyl sites for hydroxylation is 3. The summed E-state index contributed by atoms with van der Waals surface area (Å²) in [5, 5.41) is 6.80. The van der Waals surface area contributed by atoms with E-state index in [1.807, 2.05) is 34.9 Å². The first-order valence-corrected chi connectivity index (χ1v) is 20.9. The van der Waals surface area contributed by atoms with E-state index in [1.54, 1.807) is 18.3 Å². The number of hydrogen-bond acceptors (Lipinski definition) is 4. The van der Waals surface area contributed by atoms with Gasteiger partial charge in [-0.3, -0.25) is 0 Å². The number of pyridine rings is 1. The van der Waals surface area contributed by atoms with Crippen molar-refractivity contribution in [3.63, 3.8) is 0 Å². The second kappa shape index (κ2) is 14.4. The van der Waals surface area contributed by atoms with Crippen molar-refractivity contribution in [2.24, 2.45) is 14.1 Å². The Morgan fingerprint density at radius 2 is 1.21 bits per heavy atom. The Balaban J connectivity index is 0.00000481. The van der Waals surface area contributed by atoms with Gasteiger partial charge >= 0.3 is 0 Å². The molecule has 63 heavy (non-hydrogen) atoms. The van der Waals surface area contributed by atoms with Gasteiger partial charge < -0.3 is 28.2 Å². The van der Waals surface area contributed by atoms with Crippen molar-refractivity contribution in [2.45, 2.75) is 33.0 Å². The maximum absolute atomic E-state index is 8.09. The first-order valence-electron chi connectivity index (χ1n) is 22.4. The Bertz CT molecular complexity index is 3670. The summed E-state index contributed by atoms with van der Waals surface area (Å²) >= 11 is 0. The molecule has 0 N–H and O–H groups in total. The van der Waals surface area contributed by atoms with Crippen LogP contribution in [0.3, 0.4) is 0 Å². The van der Waals surface area contributed by atoms with Crippen molar-refractivity contribution in [2.75, 3.05) is 9.80 Å². The summed E-state index contributed by atoms with van der Waals surface area (Å²) in [5.41, 5.74) is 11.4.